The summed E-state index contributed by atoms with van der Waals surface area (Å²) in [7, 11) is 0. The zero-order valence-corrected chi connectivity index (χ0v) is 14.1. The Morgan fingerprint density at radius 2 is 1.90 bits per heavy atom. The number of halogens is 1. The Labute approximate surface area is 130 Å². The van der Waals surface area contributed by atoms with Gasteiger partial charge in [-0.3, -0.25) is 0 Å². The zero-order chi connectivity index (χ0) is 15.8. The van der Waals surface area contributed by atoms with Gasteiger partial charge in [-0.15, -0.1) is 11.3 Å². The van der Waals surface area contributed by atoms with Crippen LogP contribution in [0.1, 0.15) is 49.5 Å². The van der Waals surface area contributed by atoms with Crippen molar-refractivity contribution in [1.82, 2.24) is 4.98 Å². The average molecular weight is 306 g/mol. The number of aryl methyl sites for hydroxylation is 1. The molecule has 1 aromatic heterocycles. The third-order valence-corrected chi connectivity index (χ3v) is 4.52. The quantitative estimate of drug-likeness (QED) is 0.918. The van der Waals surface area contributed by atoms with Crippen LogP contribution in [0.2, 0.25) is 0 Å². The molecule has 114 valence electrons. The van der Waals surface area contributed by atoms with Crippen molar-refractivity contribution < 1.29 is 4.39 Å². The van der Waals surface area contributed by atoms with Crippen LogP contribution in [0, 0.1) is 12.7 Å². The molecular weight excluding hydrogens is 283 g/mol. The molecule has 0 aliphatic carbocycles. The van der Waals surface area contributed by atoms with Crippen molar-refractivity contribution in [1.29, 1.82) is 0 Å². The van der Waals surface area contributed by atoms with Crippen molar-refractivity contribution in [2.45, 2.75) is 52.0 Å². The van der Waals surface area contributed by atoms with Gasteiger partial charge in [-0.2, -0.15) is 0 Å². The topological polar surface area (TPSA) is 38.9 Å². The molecule has 1 unspecified atom stereocenters. The number of hydrogen-bond acceptors (Lipinski definition) is 3. The molecule has 0 bridgehead atoms. The molecule has 1 atom stereocenters. The first kappa shape index (κ1) is 16.1. The van der Waals surface area contributed by atoms with Crippen molar-refractivity contribution in [3.63, 3.8) is 0 Å². The minimum Gasteiger partial charge on any atom is -0.321 e. The summed E-state index contributed by atoms with van der Waals surface area (Å²) in [6, 6.07) is 5.21. The third-order valence-electron chi connectivity index (χ3n) is 3.67. The molecule has 0 radical (unpaired) electrons. The molecule has 2 N–H and O–H groups in total. The Bertz CT molecular complexity index is 638. The summed E-state index contributed by atoms with van der Waals surface area (Å²) in [6.45, 7) is 10.1. The van der Waals surface area contributed by atoms with Crippen LogP contribution >= 0.6 is 11.3 Å². The van der Waals surface area contributed by atoms with Crippen LogP contribution in [0.25, 0.3) is 0 Å². The molecule has 0 spiro atoms. The molecule has 0 aliphatic rings. The minimum absolute atomic E-state index is 0.0374. The van der Waals surface area contributed by atoms with E-state index in [-0.39, 0.29) is 11.2 Å². The van der Waals surface area contributed by atoms with Crippen molar-refractivity contribution in [2.24, 2.45) is 5.73 Å². The van der Waals surface area contributed by atoms with Crippen LogP contribution in [0.3, 0.4) is 0 Å². The average Bonchev–Trinajstić information content (AvgIpc) is 2.80. The van der Waals surface area contributed by atoms with E-state index in [4.69, 9.17) is 5.73 Å². The van der Waals surface area contributed by atoms with E-state index in [2.05, 4.69) is 31.1 Å². The molecule has 21 heavy (non-hydrogen) atoms. The van der Waals surface area contributed by atoms with E-state index in [1.54, 1.807) is 24.3 Å². The molecule has 0 aliphatic heterocycles. The Kier molecular flexibility index (Phi) is 4.22. The Balaban J connectivity index is 2.24. The second kappa shape index (κ2) is 5.50. The largest absolute Gasteiger partial charge is 0.321 e. The van der Waals surface area contributed by atoms with Crippen molar-refractivity contribution in [2.75, 3.05) is 0 Å². The smallest absolute Gasteiger partial charge is 0.126 e. The number of benzene rings is 1. The van der Waals surface area contributed by atoms with Crippen molar-refractivity contribution in [3.8, 4) is 0 Å². The lowest BCUT2D eigenvalue weighted by Gasteiger charge is -2.24. The predicted octanol–water partition coefficient (Wildman–Crippen LogP) is 4.30. The van der Waals surface area contributed by atoms with Gasteiger partial charge in [-0.1, -0.05) is 32.9 Å². The third kappa shape index (κ3) is 3.69. The van der Waals surface area contributed by atoms with Gasteiger partial charge in [0.2, 0.25) is 0 Å². The Morgan fingerprint density at radius 3 is 2.43 bits per heavy atom. The van der Waals surface area contributed by atoms with Gasteiger partial charge in [0.1, 0.15) is 5.82 Å². The van der Waals surface area contributed by atoms with Gasteiger partial charge in [0, 0.05) is 22.8 Å². The molecule has 1 aromatic carbocycles. The first-order valence-corrected chi connectivity index (χ1v) is 7.98. The summed E-state index contributed by atoms with van der Waals surface area (Å²) in [5.74, 6) is -0.210. The highest BCUT2D eigenvalue weighted by atomic mass is 32.1. The molecule has 0 amide bonds. The molecule has 2 nitrogen and oxygen atoms in total. The van der Waals surface area contributed by atoms with E-state index < -0.39 is 5.54 Å². The number of nitrogens with zero attached hydrogens (tertiary/aromatic N) is 1. The second-order valence-electron chi connectivity index (χ2n) is 6.93. The first-order chi connectivity index (χ1) is 9.59. The number of thiazole rings is 1. The fourth-order valence-electron chi connectivity index (χ4n) is 2.10. The molecule has 0 saturated heterocycles. The van der Waals surface area contributed by atoms with Gasteiger partial charge < -0.3 is 5.73 Å². The molecular formula is C17H23FN2S. The lowest BCUT2D eigenvalue weighted by atomic mass is 9.89. The standard InChI is InChI=1S/C17H23FN2S/c1-11-6-7-12(8-13(11)18)17(5,19)9-15-20-14(10-21-15)16(2,3)4/h6-8,10H,9,19H2,1-5H3. The van der Waals surface area contributed by atoms with Crippen LogP contribution in [0.15, 0.2) is 23.6 Å². The highest BCUT2D eigenvalue weighted by Gasteiger charge is 2.25. The maximum atomic E-state index is 13.7. The summed E-state index contributed by atoms with van der Waals surface area (Å²) in [6.07, 6.45) is 0.607. The summed E-state index contributed by atoms with van der Waals surface area (Å²) < 4.78 is 13.7. The van der Waals surface area contributed by atoms with E-state index in [1.807, 2.05) is 13.0 Å². The number of nitrogens with two attached hydrogens (primary N) is 1. The number of rotatable bonds is 3. The van der Waals surface area contributed by atoms with Crippen molar-refractivity contribution in [3.05, 3.63) is 51.2 Å². The van der Waals surface area contributed by atoms with Gasteiger partial charge in [-0.25, -0.2) is 9.37 Å². The van der Waals surface area contributed by atoms with Gasteiger partial charge in [0.25, 0.3) is 0 Å². The minimum atomic E-state index is -0.623. The Hall–Kier alpha value is -1.26. The van der Waals surface area contributed by atoms with Gasteiger partial charge in [0.15, 0.2) is 0 Å². The van der Waals surface area contributed by atoms with Crippen LogP contribution in [0.4, 0.5) is 4.39 Å². The van der Waals surface area contributed by atoms with Crippen molar-refractivity contribution >= 4 is 11.3 Å². The summed E-state index contributed by atoms with van der Waals surface area (Å²) in [5.41, 5.74) is 8.34. The zero-order valence-electron chi connectivity index (χ0n) is 13.3. The molecule has 0 fully saturated rings. The molecule has 2 rings (SSSR count). The van der Waals surface area contributed by atoms with E-state index >= 15 is 0 Å². The molecule has 2 aromatic rings. The highest BCUT2D eigenvalue weighted by Crippen LogP contribution is 2.29. The van der Waals surface area contributed by atoms with Gasteiger partial charge >= 0.3 is 0 Å². The number of hydrogen-bond donors (Lipinski definition) is 1. The fourth-order valence-corrected chi connectivity index (χ4v) is 3.29. The maximum absolute atomic E-state index is 13.7. The molecule has 4 heteroatoms. The SMILES string of the molecule is Cc1ccc(C(C)(N)Cc2nc(C(C)(C)C)cs2)cc1F. The van der Waals surface area contributed by atoms with Crippen LogP contribution in [0.5, 0.6) is 0 Å². The lowest BCUT2D eigenvalue weighted by Crippen LogP contribution is -2.35. The highest BCUT2D eigenvalue weighted by molar-refractivity contribution is 7.09. The van der Waals surface area contributed by atoms with Gasteiger partial charge in [-0.05, 0) is 31.0 Å². The predicted molar refractivity (Wildman–Crippen MR) is 87.2 cm³/mol. The monoisotopic (exact) mass is 306 g/mol. The molecule has 1 heterocycles. The summed E-state index contributed by atoms with van der Waals surface area (Å²) in [4.78, 5) is 4.68. The van der Waals surface area contributed by atoms with Crippen LogP contribution < -0.4 is 5.73 Å². The van der Waals surface area contributed by atoms with Crippen LogP contribution in [-0.2, 0) is 17.4 Å². The Morgan fingerprint density at radius 1 is 1.24 bits per heavy atom. The normalized spacial score (nSPS) is 15.0. The van der Waals surface area contributed by atoms with E-state index in [0.717, 1.165) is 16.3 Å². The maximum Gasteiger partial charge on any atom is 0.126 e. The van der Waals surface area contributed by atoms with E-state index in [9.17, 15) is 4.39 Å². The number of aromatic nitrogens is 1. The fraction of sp³-hybridized carbons (Fsp3) is 0.471. The van der Waals surface area contributed by atoms with E-state index in [0.29, 0.717) is 12.0 Å². The summed E-state index contributed by atoms with van der Waals surface area (Å²) in [5, 5.41) is 3.08. The van der Waals surface area contributed by atoms with Gasteiger partial charge in [0.05, 0.1) is 10.7 Å². The van der Waals surface area contributed by atoms with Crippen LogP contribution in [-0.4, -0.2) is 4.98 Å². The van der Waals surface area contributed by atoms with E-state index in [1.165, 1.54) is 6.07 Å². The lowest BCUT2D eigenvalue weighted by molar-refractivity contribution is 0.481. The second-order valence-corrected chi connectivity index (χ2v) is 7.88. The summed E-state index contributed by atoms with van der Waals surface area (Å²) >= 11 is 1.62. The molecule has 0 saturated carbocycles. The first-order valence-electron chi connectivity index (χ1n) is 7.10.